The molecular formula is C22H31BN5O8PS. The molecule has 0 aliphatic carbocycles. The van der Waals surface area contributed by atoms with Crippen LogP contribution < -0.4 is 10.5 Å². The summed E-state index contributed by atoms with van der Waals surface area (Å²) < 4.78 is 42.2. The van der Waals surface area contributed by atoms with Crippen LogP contribution in [0.2, 0.25) is 0 Å². The Bertz CT molecular complexity index is 1250. The van der Waals surface area contributed by atoms with Crippen LogP contribution >= 0.6 is 19.6 Å². The van der Waals surface area contributed by atoms with E-state index in [1.807, 2.05) is 35.8 Å². The molecule has 3 aromatic rings. The normalized spacial score (nSPS) is 22.7. The first-order chi connectivity index (χ1) is 18.2. The molecule has 1 aliphatic heterocycles. The van der Waals surface area contributed by atoms with Gasteiger partial charge >= 0.3 is 218 Å². The van der Waals surface area contributed by atoms with E-state index in [9.17, 15) is 4.79 Å². The van der Waals surface area contributed by atoms with Crippen LogP contribution in [0.25, 0.3) is 11.2 Å². The average molecular weight is 567 g/mol. The molecule has 206 valence electrons. The first-order valence-corrected chi connectivity index (χ1v) is 14.8. The number of nitrogens with zero attached hydrogens (tertiary/aromatic N) is 4. The Balaban J connectivity index is 1.70. The number of benzene rings is 1. The van der Waals surface area contributed by atoms with Crippen LogP contribution in [-0.2, 0) is 32.6 Å². The van der Waals surface area contributed by atoms with Crippen molar-refractivity contribution in [1.82, 2.24) is 19.5 Å². The number of hydrogen-bond acceptors (Lipinski definition) is 13. The van der Waals surface area contributed by atoms with Gasteiger partial charge in [0.2, 0.25) is 0 Å². The average Bonchev–Trinajstić information content (AvgIpc) is 3.28. The molecule has 0 spiro atoms. The Hall–Kier alpha value is -2.52. The second kappa shape index (κ2) is 12.6. The number of hydrogen-bond donors (Lipinski definition) is 1. The van der Waals surface area contributed by atoms with Gasteiger partial charge in [-0.15, -0.1) is 0 Å². The zero-order valence-corrected chi connectivity index (χ0v) is 23.6. The number of methoxy groups -OCH3 is 2. The number of carbonyl (C=O) groups excluding carboxylic acids is 1. The molecule has 1 saturated heterocycles. The number of fused-ring (bicyclic) bond motifs is 1. The van der Waals surface area contributed by atoms with E-state index < -0.39 is 32.2 Å². The van der Waals surface area contributed by atoms with E-state index in [0.29, 0.717) is 16.3 Å². The summed E-state index contributed by atoms with van der Waals surface area (Å²) in [6.07, 6.45) is -0.362. The summed E-state index contributed by atoms with van der Waals surface area (Å²) in [5.74, 6) is 0.521. The SMILES string of the molecule is B[PH]1(OCOC(C)=O)OC[C@H](OC)[C@H](n2c(Sc3ccc(OC)cc3)nc3c(N)ncnc32)O[C@@H](C)CO1. The molecular weight excluding hydrogens is 536 g/mol. The number of anilines is 1. The van der Waals surface area contributed by atoms with Gasteiger partial charge in [0, 0.05) is 0 Å². The third-order valence-corrected chi connectivity index (χ3v) is 8.66. The van der Waals surface area contributed by atoms with Gasteiger partial charge in [0.1, 0.15) is 0 Å². The fourth-order valence-corrected chi connectivity index (χ4v) is 6.10. The van der Waals surface area contributed by atoms with Crippen LogP contribution in [-0.4, -0.2) is 79.5 Å². The molecule has 16 heteroatoms. The number of nitrogens with two attached hydrogens (primary N) is 1. The van der Waals surface area contributed by atoms with Crippen LogP contribution in [0, 0.1) is 0 Å². The molecule has 4 rings (SSSR count). The minimum atomic E-state index is -3.20. The predicted molar refractivity (Wildman–Crippen MR) is 144 cm³/mol. The summed E-state index contributed by atoms with van der Waals surface area (Å²) in [6, 6.07) is 7.59. The van der Waals surface area contributed by atoms with E-state index >= 15 is 0 Å². The second-order valence-corrected chi connectivity index (χ2v) is 12.1. The number of carbonyl (C=O) groups is 1. The van der Waals surface area contributed by atoms with Crippen LogP contribution in [0.1, 0.15) is 20.1 Å². The molecule has 1 aliphatic rings. The number of ether oxygens (including phenoxy) is 4. The molecule has 1 fully saturated rings. The van der Waals surface area contributed by atoms with Crippen molar-refractivity contribution in [3.8, 4) is 5.75 Å². The summed E-state index contributed by atoms with van der Waals surface area (Å²) in [4.78, 5) is 25.4. The molecule has 0 bridgehead atoms. The van der Waals surface area contributed by atoms with E-state index in [1.165, 1.54) is 25.0 Å². The molecule has 0 saturated carbocycles. The number of rotatable bonds is 8. The Labute approximate surface area is 225 Å². The van der Waals surface area contributed by atoms with Crippen molar-refractivity contribution in [2.45, 2.75) is 42.3 Å². The van der Waals surface area contributed by atoms with Gasteiger partial charge in [0.25, 0.3) is 0 Å². The fourth-order valence-electron chi connectivity index (χ4n) is 3.66. The molecule has 0 amide bonds. The zero-order chi connectivity index (χ0) is 27.3. The monoisotopic (exact) mass is 567 g/mol. The van der Waals surface area contributed by atoms with Gasteiger partial charge in [-0.25, -0.2) is 0 Å². The van der Waals surface area contributed by atoms with Gasteiger partial charge < -0.3 is 0 Å². The summed E-state index contributed by atoms with van der Waals surface area (Å²) in [7, 11) is 1.70. The van der Waals surface area contributed by atoms with Crippen LogP contribution in [0.15, 0.2) is 40.6 Å². The van der Waals surface area contributed by atoms with Crippen molar-refractivity contribution in [1.29, 1.82) is 0 Å². The topological polar surface area (TPSA) is 151 Å². The van der Waals surface area contributed by atoms with Crippen molar-refractivity contribution < 1.29 is 37.3 Å². The molecule has 3 heterocycles. The summed E-state index contributed by atoms with van der Waals surface area (Å²) in [6.45, 7) is 3.11. The number of aromatic nitrogens is 4. The van der Waals surface area contributed by atoms with Crippen molar-refractivity contribution in [2.24, 2.45) is 0 Å². The molecule has 2 N–H and O–H groups in total. The Kier molecular flexibility index (Phi) is 9.42. The first-order valence-electron chi connectivity index (χ1n) is 11.8. The summed E-state index contributed by atoms with van der Waals surface area (Å²) >= 11 is 1.41. The van der Waals surface area contributed by atoms with Crippen molar-refractivity contribution >= 4 is 50.1 Å². The molecule has 0 unspecified atom stereocenters. The number of imidazole rings is 1. The minimum absolute atomic E-state index is 0.0591. The van der Waals surface area contributed by atoms with Gasteiger partial charge in [-0.1, -0.05) is 0 Å². The summed E-state index contributed by atoms with van der Waals surface area (Å²) in [5.41, 5.74) is 7.09. The third-order valence-electron chi connectivity index (χ3n) is 5.66. The molecule has 1 aromatic carbocycles. The molecule has 3 atom stereocenters. The van der Waals surface area contributed by atoms with Crippen LogP contribution in [0.5, 0.6) is 5.75 Å². The maximum absolute atomic E-state index is 11.2. The van der Waals surface area contributed by atoms with Gasteiger partial charge in [0.05, 0.1) is 7.11 Å². The Morgan fingerprint density at radius 3 is 2.66 bits per heavy atom. The fraction of sp³-hybridized carbons (Fsp3) is 0.455. The maximum atomic E-state index is 11.2. The first kappa shape index (κ1) is 28.5. The second-order valence-electron chi connectivity index (χ2n) is 8.47. The van der Waals surface area contributed by atoms with E-state index in [4.69, 9.17) is 43.2 Å². The molecule has 0 radical (unpaired) electrons. The Morgan fingerprint density at radius 2 is 1.97 bits per heavy atom. The van der Waals surface area contributed by atoms with Crippen LogP contribution in [0.4, 0.5) is 5.82 Å². The van der Waals surface area contributed by atoms with Gasteiger partial charge in [-0.2, -0.15) is 0 Å². The van der Waals surface area contributed by atoms with E-state index in [2.05, 4.69) is 9.97 Å². The third kappa shape index (κ3) is 6.73. The van der Waals surface area contributed by atoms with E-state index in [1.54, 1.807) is 21.8 Å². The molecule has 13 nitrogen and oxygen atoms in total. The van der Waals surface area contributed by atoms with E-state index in [-0.39, 0.29) is 25.8 Å². The van der Waals surface area contributed by atoms with Gasteiger partial charge in [0.15, 0.2) is 0 Å². The standard InChI is InChI=1S/C22H31BN5O8PS/c1-13-9-33-37(23,35-12-32-14(2)29)34-10-17(31-4)21(36-13)28-20-18(19(24)25-11-26-20)27-22(28)38-16-7-5-15(30-3)6-8-16/h5-8,11,13,17,21,37H,9-10,12,23H2,1-4H3,(H2,24,25,26)/t13-,17-,21+/m0/s1. The zero-order valence-electron chi connectivity index (χ0n) is 21.8. The number of esters is 1. The summed E-state index contributed by atoms with van der Waals surface area (Å²) in [5, 5.41) is 0.572. The van der Waals surface area contributed by atoms with Crippen LogP contribution in [0.3, 0.4) is 0 Å². The van der Waals surface area contributed by atoms with Gasteiger partial charge in [-0.05, 0) is 0 Å². The predicted octanol–water partition coefficient (Wildman–Crippen LogP) is 2.11. The van der Waals surface area contributed by atoms with Gasteiger partial charge in [-0.3, -0.25) is 0 Å². The van der Waals surface area contributed by atoms with Crippen molar-refractivity contribution in [3.05, 3.63) is 30.6 Å². The molecule has 2 aromatic heterocycles. The van der Waals surface area contributed by atoms with Crippen molar-refractivity contribution in [3.63, 3.8) is 0 Å². The quantitative estimate of drug-likeness (QED) is 0.183. The van der Waals surface area contributed by atoms with Crippen molar-refractivity contribution in [2.75, 3.05) is 40.0 Å². The number of nitrogen functional groups attached to an aromatic ring is 1. The van der Waals surface area contributed by atoms with E-state index in [0.717, 1.165) is 10.6 Å². The molecule has 38 heavy (non-hydrogen) atoms. The Morgan fingerprint density at radius 1 is 1.24 bits per heavy atom.